The highest BCUT2D eigenvalue weighted by atomic mass is 32.1. The van der Waals surface area contributed by atoms with Crippen LogP contribution in [0.15, 0.2) is 18.2 Å². The third-order valence-electron chi connectivity index (χ3n) is 3.93. The summed E-state index contributed by atoms with van der Waals surface area (Å²) in [5, 5.41) is 8.23. The van der Waals surface area contributed by atoms with Gasteiger partial charge in [0.2, 0.25) is 11.0 Å². The topological polar surface area (TPSA) is 59.8 Å². The van der Waals surface area contributed by atoms with Crippen LogP contribution in [0.3, 0.4) is 0 Å². The normalized spacial score (nSPS) is 11.9. The zero-order valence-electron chi connectivity index (χ0n) is 14.9. The molecule has 126 valence electrons. The predicted octanol–water partition coefficient (Wildman–Crippen LogP) is 4.39. The first-order valence-corrected chi connectivity index (χ1v) is 8.73. The van der Waals surface area contributed by atoms with E-state index < -0.39 is 5.41 Å². The molecule has 2 heterocycles. The number of amides is 1. The molecule has 0 spiro atoms. The molecule has 6 heteroatoms. The summed E-state index contributed by atoms with van der Waals surface area (Å²) in [5.74, 6) is 0.608. The maximum atomic E-state index is 12.3. The summed E-state index contributed by atoms with van der Waals surface area (Å²) in [4.78, 5) is 17.0. The highest BCUT2D eigenvalue weighted by Gasteiger charge is 2.23. The number of anilines is 1. The molecule has 0 bridgehead atoms. The molecule has 1 N–H and O–H groups in total. The van der Waals surface area contributed by atoms with Crippen LogP contribution in [-0.2, 0) is 4.79 Å². The van der Waals surface area contributed by atoms with E-state index in [0.29, 0.717) is 5.82 Å². The van der Waals surface area contributed by atoms with Crippen LogP contribution in [0.25, 0.3) is 15.3 Å². The number of benzene rings is 1. The van der Waals surface area contributed by atoms with E-state index in [0.717, 1.165) is 21.0 Å². The summed E-state index contributed by atoms with van der Waals surface area (Å²) in [6, 6.07) is 6.11. The molecule has 0 unspecified atom stereocenters. The molecule has 1 aromatic carbocycles. The fourth-order valence-corrected chi connectivity index (χ4v) is 3.31. The second-order valence-electron chi connectivity index (χ2n) is 7.19. The monoisotopic (exact) mass is 342 g/mol. The van der Waals surface area contributed by atoms with Crippen LogP contribution < -0.4 is 5.32 Å². The van der Waals surface area contributed by atoms with E-state index in [1.54, 1.807) is 16.0 Å². The number of carbonyl (C=O) groups excluding carboxylic acids is 1. The van der Waals surface area contributed by atoms with Crippen LogP contribution in [0.4, 0.5) is 5.82 Å². The van der Waals surface area contributed by atoms with Crippen LogP contribution in [0.2, 0.25) is 0 Å². The SMILES string of the molecule is Cc1cc(NC(=O)C(C)(C)C)n(-c2nc3cc(C)c(C)cc3s2)n1. The lowest BCUT2D eigenvalue weighted by atomic mass is 9.96. The van der Waals surface area contributed by atoms with Crippen molar-refractivity contribution in [2.75, 3.05) is 5.32 Å². The van der Waals surface area contributed by atoms with Gasteiger partial charge in [-0.15, -0.1) is 0 Å². The maximum absolute atomic E-state index is 12.3. The molecule has 0 fully saturated rings. The number of rotatable bonds is 2. The van der Waals surface area contributed by atoms with Crippen molar-refractivity contribution < 1.29 is 4.79 Å². The molecule has 5 nitrogen and oxygen atoms in total. The Balaban J connectivity index is 2.05. The van der Waals surface area contributed by atoms with Gasteiger partial charge in [-0.2, -0.15) is 9.78 Å². The fourth-order valence-electron chi connectivity index (χ4n) is 2.30. The number of aryl methyl sites for hydroxylation is 3. The molecule has 0 saturated heterocycles. The molecular formula is C18H22N4OS. The number of carbonyl (C=O) groups is 1. The van der Waals surface area contributed by atoms with Crippen molar-refractivity contribution in [1.29, 1.82) is 0 Å². The molecular weight excluding hydrogens is 320 g/mol. The third kappa shape index (κ3) is 3.06. The Morgan fingerprint density at radius 2 is 1.79 bits per heavy atom. The minimum Gasteiger partial charge on any atom is -0.310 e. The van der Waals surface area contributed by atoms with Crippen molar-refractivity contribution in [3.8, 4) is 5.13 Å². The summed E-state index contributed by atoms with van der Waals surface area (Å²) >= 11 is 1.57. The molecule has 3 aromatic rings. The van der Waals surface area contributed by atoms with Gasteiger partial charge in [0.25, 0.3) is 0 Å². The van der Waals surface area contributed by atoms with Gasteiger partial charge in [0.05, 0.1) is 15.9 Å². The number of aromatic nitrogens is 3. The lowest BCUT2D eigenvalue weighted by Crippen LogP contribution is -2.28. The quantitative estimate of drug-likeness (QED) is 0.751. The Labute approximate surface area is 145 Å². The second-order valence-corrected chi connectivity index (χ2v) is 8.20. The molecule has 0 aliphatic carbocycles. The smallest absolute Gasteiger partial charge is 0.230 e. The molecule has 0 aliphatic heterocycles. The molecule has 0 radical (unpaired) electrons. The maximum Gasteiger partial charge on any atom is 0.230 e. The van der Waals surface area contributed by atoms with E-state index in [4.69, 9.17) is 4.98 Å². The molecule has 0 atom stereocenters. The van der Waals surface area contributed by atoms with E-state index in [1.807, 2.05) is 33.8 Å². The average Bonchev–Trinajstić information content (AvgIpc) is 3.01. The van der Waals surface area contributed by atoms with Crippen LogP contribution in [-0.4, -0.2) is 20.7 Å². The largest absolute Gasteiger partial charge is 0.310 e. The number of fused-ring (bicyclic) bond motifs is 1. The lowest BCUT2D eigenvalue weighted by molar-refractivity contribution is -0.123. The van der Waals surface area contributed by atoms with Crippen LogP contribution >= 0.6 is 11.3 Å². The molecule has 24 heavy (non-hydrogen) atoms. The minimum atomic E-state index is -0.467. The van der Waals surface area contributed by atoms with Crippen LogP contribution in [0.1, 0.15) is 37.6 Å². The van der Waals surface area contributed by atoms with Gasteiger partial charge >= 0.3 is 0 Å². The van der Waals surface area contributed by atoms with Crippen molar-refractivity contribution in [3.63, 3.8) is 0 Å². The first kappa shape index (κ1) is 16.6. The van der Waals surface area contributed by atoms with Gasteiger partial charge in [-0.05, 0) is 44.0 Å². The summed E-state index contributed by atoms with van der Waals surface area (Å²) in [6.07, 6.45) is 0. The molecule has 3 rings (SSSR count). The van der Waals surface area contributed by atoms with Gasteiger partial charge in [0.1, 0.15) is 5.82 Å². The average molecular weight is 342 g/mol. The number of nitrogens with zero attached hydrogens (tertiary/aromatic N) is 3. The van der Waals surface area contributed by atoms with E-state index in [2.05, 4.69) is 36.4 Å². The van der Waals surface area contributed by atoms with Gasteiger partial charge in [0, 0.05) is 11.5 Å². The first-order valence-electron chi connectivity index (χ1n) is 7.91. The zero-order valence-corrected chi connectivity index (χ0v) is 15.7. The minimum absolute atomic E-state index is 0.0450. The number of hydrogen-bond acceptors (Lipinski definition) is 4. The van der Waals surface area contributed by atoms with Crippen molar-refractivity contribution >= 4 is 33.3 Å². The fraction of sp³-hybridized carbons (Fsp3) is 0.389. The molecule has 2 aromatic heterocycles. The molecule has 0 saturated carbocycles. The third-order valence-corrected chi connectivity index (χ3v) is 4.92. The van der Waals surface area contributed by atoms with E-state index in [1.165, 1.54) is 11.1 Å². The highest BCUT2D eigenvalue weighted by molar-refractivity contribution is 7.20. The Bertz CT molecular complexity index is 892. The van der Waals surface area contributed by atoms with Gasteiger partial charge in [-0.3, -0.25) is 4.79 Å². The molecule has 1 amide bonds. The summed E-state index contributed by atoms with van der Waals surface area (Å²) in [6.45, 7) is 11.8. The Hall–Kier alpha value is -2.21. The number of nitrogens with one attached hydrogen (secondary N) is 1. The first-order chi connectivity index (χ1) is 11.1. The summed E-state index contributed by atoms with van der Waals surface area (Å²) in [7, 11) is 0. The van der Waals surface area contributed by atoms with E-state index >= 15 is 0 Å². The zero-order chi connectivity index (χ0) is 17.6. The van der Waals surface area contributed by atoms with Crippen molar-refractivity contribution in [2.24, 2.45) is 5.41 Å². The van der Waals surface area contributed by atoms with Gasteiger partial charge < -0.3 is 5.32 Å². The number of thiazole rings is 1. The Kier molecular flexibility index (Phi) is 3.95. The second kappa shape index (κ2) is 5.70. The summed E-state index contributed by atoms with van der Waals surface area (Å²) < 4.78 is 2.84. The van der Waals surface area contributed by atoms with Gasteiger partial charge in [0.15, 0.2) is 0 Å². The van der Waals surface area contributed by atoms with E-state index in [9.17, 15) is 4.79 Å². The van der Waals surface area contributed by atoms with Crippen molar-refractivity contribution in [2.45, 2.75) is 41.5 Å². The van der Waals surface area contributed by atoms with E-state index in [-0.39, 0.29) is 5.91 Å². The predicted molar refractivity (Wildman–Crippen MR) is 99.0 cm³/mol. The highest BCUT2D eigenvalue weighted by Crippen LogP contribution is 2.29. The summed E-state index contributed by atoms with van der Waals surface area (Å²) in [5.41, 5.74) is 3.79. The standard InChI is InChI=1S/C18H22N4OS/c1-10-7-13-14(8-11(10)2)24-17(19-13)22-15(9-12(3)21-22)20-16(23)18(4,5)6/h7-9H,1-6H3,(H,20,23). The Morgan fingerprint density at radius 1 is 1.12 bits per heavy atom. The van der Waals surface area contributed by atoms with Crippen molar-refractivity contribution in [3.05, 3.63) is 35.0 Å². The lowest BCUT2D eigenvalue weighted by Gasteiger charge is -2.17. The van der Waals surface area contributed by atoms with Crippen LogP contribution in [0.5, 0.6) is 0 Å². The van der Waals surface area contributed by atoms with Crippen molar-refractivity contribution in [1.82, 2.24) is 14.8 Å². The number of hydrogen-bond donors (Lipinski definition) is 1. The van der Waals surface area contributed by atoms with Gasteiger partial charge in [-0.25, -0.2) is 4.98 Å². The van der Waals surface area contributed by atoms with Crippen LogP contribution in [0, 0.1) is 26.2 Å². The molecule has 0 aliphatic rings. The van der Waals surface area contributed by atoms with Gasteiger partial charge in [-0.1, -0.05) is 32.1 Å². The Morgan fingerprint density at radius 3 is 2.46 bits per heavy atom.